The zero-order valence-electron chi connectivity index (χ0n) is 12.3. The van der Waals surface area contributed by atoms with Crippen molar-refractivity contribution in [1.29, 1.82) is 0 Å². The standard InChI is InChI=1S/C15H22N2O3/c1-12-5-7-14(8-6-12)16-15(19)11-17(13(2)18)9-4-10-20-3/h5-8H,4,9-11H2,1-3H3,(H,16,19). The lowest BCUT2D eigenvalue weighted by Gasteiger charge is -2.20. The molecule has 0 aliphatic heterocycles. The molecular formula is C15H22N2O3. The van der Waals surface area contributed by atoms with E-state index in [4.69, 9.17) is 4.74 Å². The highest BCUT2D eigenvalue weighted by molar-refractivity contribution is 5.94. The molecule has 0 aliphatic carbocycles. The van der Waals surface area contributed by atoms with Crippen LogP contribution in [-0.2, 0) is 14.3 Å². The van der Waals surface area contributed by atoms with E-state index in [2.05, 4.69) is 5.32 Å². The number of nitrogens with zero attached hydrogens (tertiary/aromatic N) is 1. The monoisotopic (exact) mass is 278 g/mol. The molecule has 5 nitrogen and oxygen atoms in total. The van der Waals surface area contributed by atoms with E-state index < -0.39 is 0 Å². The van der Waals surface area contributed by atoms with Crippen LogP contribution in [0.25, 0.3) is 0 Å². The molecule has 1 aromatic rings. The number of ether oxygens (including phenoxy) is 1. The first-order chi connectivity index (χ1) is 9.52. The Balaban J connectivity index is 2.48. The van der Waals surface area contributed by atoms with Gasteiger partial charge in [-0.15, -0.1) is 0 Å². The van der Waals surface area contributed by atoms with Crippen LogP contribution in [0.5, 0.6) is 0 Å². The van der Waals surface area contributed by atoms with Gasteiger partial charge < -0.3 is 15.0 Å². The van der Waals surface area contributed by atoms with Crippen LogP contribution < -0.4 is 5.32 Å². The molecule has 0 atom stereocenters. The zero-order chi connectivity index (χ0) is 15.0. The molecule has 0 aliphatic rings. The third-order valence-corrected chi connectivity index (χ3v) is 2.89. The molecule has 0 radical (unpaired) electrons. The van der Waals surface area contributed by atoms with Crippen LogP contribution in [0.2, 0.25) is 0 Å². The molecule has 20 heavy (non-hydrogen) atoms. The fourth-order valence-corrected chi connectivity index (χ4v) is 1.76. The number of rotatable bonds is 7. The molecule has 1 rings (SSSR count). The van der Waals surface area contributed by atoms with Gasteiger partial charge in [-0.05, 0) is 25.5 Å². The summed E-state index contributed by atoms with van der Waals surface area (Å²) >= 11 is 0. The van der Waals surface area contributed by atoms with Crippen molar-refractivity contribution in [1.82, 2.24) is 4.90 Å². The number of carbonyl (C=O) groups excluding carboxylic acids is 2. The van der Waals surface area contributed by atoms with Crippen molar-refractivity contribution in [3.8, 4) is 0 Å². The number of anilines is 1. The van der Waals surface area contributed by atoms with E-state index in [0.717, 1.165) is 11.3 Å². The fraction of sp³-hybridized carbons (Fsp3) is 0.467. The van der Waals surface area contributed by atoms with Crippen LogP contribution in [0.3, 0.4) is 0 Å². The van der Waals surface area contributed by atoms with Gasteiger partial charge in [0.15, 0.2) is 0 Å². The van der Waals surface area contributed by atoms with E-state index in [0.29, 0.717) is 19.6 Å². The third-order valence-electron chi connectivity index (χ3n) is 2.89. The zero-order valence-corrected chi connectivity index (χ0v) is 12.3. The van der Waals surface area contributed by atoms with Gasteiger partial charge in [0.05, 0.1) is 6.54 Å². The Hall–Kier alpha value is -1.88. The van der Waals surface area contributed by atoms with E-state index in [-0.39, 0.29) is 18.4 Å². The van der Waals surface area contributed by atoms with Crippen molar-refractivity contribution in [2.45, 2.75) is 20.3 Å². The van der Waals surface area contributed by atoms with Gasteiger partial charge >= 0.3 is 0 Å². The Kier molecular flexibility index (Phi) is 6.73. The minimum Gasteiger partial charge on any atom is -0.385 e. The van der Waals surface area contributed by atoms with E-state index in [1.54, 1.807) is 7.11 Å². The number of methoxy groups -OCH3 is 1. The van der Waals surface area contributed by atoms with Crippen molar-refractivity contribution in [2.75, 3.05) is 32.1 Å². The molecule has 0 aromatic heterocycles. The van der Waals surface area contributed by atoms with Gasteiger partial charge in [0, 0.05) is 32.9 Å². The van der Waals surface area contributed by atoms with E-state index in [1.165, 1.54) is 11.8 Å². The smallest absolute Gasteiger partial charge is 0.243 e. The van der Waals surface area contributed by atoms with Crippen LogP contribution in [0.4, 0.5) is 5.69 Å². The van der Waals surface area contributed by atoms with Gasteiger partial charge in [-0.1, -0.05) is 17.7 Å². The molecule has 0 heterocycles. The SMILES string of the molecule is COCCCN(CC(=O)Nc1ccc(C)cc1)C(C)=O. The Morgan fingerprint density at radius 3 is 2.45 bits per heavy atom. The Morgan fingerprint density at radius 1 is 1.25 bits per heavy atom. The van der Waals surface area contributed by atoms with Crippen molar-refractivity contribution >= 4 is 17.5 Å². The Morgan fingerprint density at radius 2 is 1.90 bits per heavy atom. The van der Waals surface area contributed by atoms with Gasteiger partial charge in [0.2, 0.25) is 11.8 Å². The first-order valence-electron chi connectivity index (χ1n) is 6.64. The summed E-state index contributed by atoms with van der Waals surface area (Å²) in [6.45, 7) is 4.60. The van der Waals surface area contributed by atoms with Gasteiger partial charge in [-0.2, -0.15) is 0 Å². The maximum absolute atomic E-state index is 11.9. The summed E-state index contributed by atoms with van der Waals surface area (Å²) < 4.78 is 4.95. The molecule has 110 valence electrons. The topological polar surface area (TPSA) is 58.6 Å². The number of benzene rings is 1. The summed E-state index contributed by atoms with van der Waals surface area (Å²) in [5.74, 6) is -0.304. The lowest BCUT2D eigenvalue weighted by atomic mass is 10.2. The lowest BCUT2D eigenvalue weighted by molar-refractivity contribution is -0.132. The van der Waals surface area contributed by atoms with Crippen LogP contribution in [0, 0.1) is 6.92 Å². The van der Waals surface area contributed by atoms with Gasteiger partial charge in [-0.25, -0.2) is 0 Å². The highest BCUT2D eigenvalue weighted by atomic mass is 16.5. The number of hydrogen-bond acceptors (Lipinski definition) is 3. The first kappa shape index (κ1) is 16.2. The van der Waals surface area contributed by atoms with E-state index in [1.807, 2.05) is 31.2 Å². The van der Waals surface area contributed by atoms with Gasteiger partial charge in [-0.3, -0.25) is 9.59 Å². The minimum absolute atomic E-state index is 0.0624. The Bertz CT molecular complexity index is 443. The van der Waals surface area contributed by atoms with Crippen molar-refractivity contribution < 1.29 is 14.3 Å². The average Bonchev–Trinajstić information content (AvgIpc) is 2.40. The molecule has 0 fully saturated rings. The van der Waals surface area contributed by atoms with Crippen LogP contribution in [0.15, 0.2) is 24.3 Å². The summed E-state index contributed by atoms with van der Waals surface area (Å²) in [6.07, 6.45) is 0.716. The highest BCUT2D eigenvalue weighted by Gasteiger charge is 2.13. The normalized spacial score (nSPS) is 10.2. The fourth-order valence-electron chi connectivity index (χ4n) is 1.76. The molecule has 0 bridgehead atoms. The molecular weight excluding hydrogens is 256 g/mol. The van der Waals surface area contributed by atoms with Crippen LogP contribution in [0.1, 0.15) is 18.9 Å². The lowest BCUT2D eigenvalue weighted by Crippen LogP contribution is -2.37. The minimum atomic E-state index is -0.193. The second-order valence-electron chi connectivity index (χ2n) is 4.70. The molecule has 0 unspecified atom stereocenters. The summed E-state index contributed by atoms with van der Waals surface area (Å²) in [4.78, 5) is 24.9. The average molecular weight is 278 g/mol. The molecule has 0 saturated carbocycles. The van der Waals surface area contributed by atoms with Crippen LogP contribution in [-0.4, -0.2) is 43.5 Å². The molecule has 2 amide bonds. The molecule has 5 heteroatoms. The number of carbonyl (C=O) groups is 2. The largest absolute Gasteiger partial charge is 0.385 e. The quantitative estimate of drug-likeness (QED) is 0.774. The number of aryl methyl sites for hydroxylation is 1. The van der Waals surface area contributed by atoms with Gasteiger partial charge in [0.25, 0.3) is 0 Å². The number of amides is 2. The second kappa shape index (κ2) is 8.32. The maximum atomic E-state index is 11.9. The summed E-state index contributed by atoms with van der Waals surface area (Å²) in [6, 6.07) is 7.54. The van der Waals surface area contributed by atoms with Crippen molar-refractivity contribution in [2.24, 2.45) is 0 Å². The Labute approximate surface area is 119 Å². The highest BCUT2D eigenvalue weighted by Crippen LogP contribution is 2.08. The number of hydrogen-bond donors (Lipinski definition) is 1. The second-order valence-corrected chi connectivity index (χ2v) is 4.70. The van der Waals surface area contributed by atoms with E-state index in [9.17, 15) is 9.59 Å². The van der Waals surface area contributed by atoms with Gasteiger partial charge in [0.1, 0.15) is 0 Å². The van der Waals surface area contributed by atoms with Crippen molar-refractivity contribution in [3.63, 3.8) is 0 Å². The molecule has 1 N–H and O–H groups in total. The predicted molar refractivity (Wildman–Crippen MR) is 78.6 cm³/mol. The molecule has 0 saturated heterocycles. The van der Waals surface area contributed by atoms with E-state index >= 15 is 0 Å². The summed E-state index contributed by atoms with van der Waals surface area (Å²) in [7, 11) is 1.61. The maximum Gasteiger partial charge on any atom is 0.243 e. The van der Waals surface area contributed by atoms with Crippen LogP contribution >= 0.6 is 0 Å². The molecule has 1 aromatic carbocycles. The third kappa shape index (κ3) is 5.84. The molecule has 0 spiro atoms. The predicted octanol–water partition coefficient (Wildman–Crippen LogP) is 1.82. The van der Waals surface area contributed by atoms with Crippen molar-refractivity contribution in [3.05, 3.63) is 29.8 Å². The first-order valence-corrected chi connectivity index (χ1v) is 6.64. The summed E-state index contributed by atoms with van der Waals surface area (Å²) in [5, 5.41) is 2.78. The number of nitrogens with one attached hydrogen (secondary N) is 1. The summed E-state index contributed by atoms with van der Waals surface area (Å²) in [5.41, 5.74) is 1.87.